The van der Waals surface area contributed by atoms with Crippen LogP contribution in [-0.2, 0) is 20.8 Å². The van der Waals surface area contributed by atoms with Crippen LogP contribution in [0.15, 0.2) is 0 Å². The first kappa shape index (κ1) is 30.6. The summed E-state index contributed by atoms with van der Waals surface area (Å²) in [5.41, 5.74) is 0. The van der Waals surface area contributed by atoms with Gasteiger partial charge < -0.3 is 2.85 Å². The van der Waals surface area contributed by atoms with Gasteiger partial charge in [-0.1, -0.05) is 0 Å². The topological polar surface area (TPSA) is 149 Å². The molecule has 0 heterocycles. The van der Waals surface area contributed by atoms with Crippen LogP contribution in [0.3, 0.4) is 0 Å². The molecule has 0 radical (unpaired) electrons. The van der Waals surface area contributed by atoms with E-state index in [0.717, 1.165) is 0 Å². The Bertz CT molecular complexity index is 224. The van der Waals surface area contributed by atoms with Gasteiger partial charge in [-0.25, -0.2) is 0 Å². The number of rotatable bonds is 0. The van der Waals surface area contributed by atoms with E-state index in [1.807, 2.05) is 0 Å². The summed E-state index contributed by atoms with van der Waals surface area (Å²) in [5, 5.41) is 0. The van der Waals surface area contributed by atoms with Gasteiger partial charge in [0, 0.05) is 0 Å². The summed E-state index contributed by atoms with van der Waals surface area (Å²) in [5.74, 6) is 0. The van der Waals surface area contributed by atoms with Crippen molar-refractivity contribution in [3.63, 3.8) is 0 Å². The maximum atomic E-state index is 8.74. The predicted molar refractivity (Wildman–Crippen MR) is 48.6 cm³/mol. The van der Waals surface area contributed by atoms with Gasteiger partial charge in [0.05, 0.1) is 0 Å². The Morgan fingerprint density at radius 1 is 0.714 bits per heavy atom. The van der Waals surface area contributed by atoms with Gasteiger partial charge in [-0.2, -0.15) is 16.8 Å². The van der Waals surface area contributed by atoms with Crippen molar-refractivity contribution in [2.75, 3.05) is 0 Å². The molecule has 0 bridgehead atoms. The third-order valence-corrected chi connectivity index (χ3v) is 0. The molecule has 0 aliphatic heterocycles. The second-order valence-corrected chi connectivity index (χ2v) is 2.69. The van der Waals surface area contributed by atoms with Crippen molar-refractivity contribution < 1.29 is 141 Å². The first-order valence-corrected chi connectivity index (χ1v) is 5.99. The van der Waals surface area contributed by atoms with Gasteiger partial charge >= 0.3 is 124 Å². The molecule has 82 valence electrons. The molecule has 0 spiro atoms. The van der Waals surface area contributed by atoms with Crippen LogP contribution in [-0.4, -0.2) is 35.0 Å². The van der Waals surface area contributed by atoms with Crippen LogP contribution >= 0.6 is 23.3 Å². The second kappa shape index (κ2) is 16.7. The summed E-state index contributed by atoms with van der Waals surface area (Å²) >= 11 is 6.44. The first-order valence-electron chi connectivity index (χ1n) is 1.60. The molecule has 8 nitrogen and oxygen atoms in total. The third-order valence-electron chi connectivity index (χ3n) is 0. The Labute approximate surface area is 180 Å². The van der Waals surface area contributed by atoms with E-state index in [4.69, 9.17) is 35.0 Å². The third kappa shape index (κ3) is 247. The maximum absolute atomic E-state index is 8.74. The van der Waals surface area contributed by atoms with Gasteiger partial charge in [0.2, 0.25) is 0 Å². The monoisotopic (exact) mass is 342 g/mol. The van der Waals surface area contributed by atoms with Gasteiger partial charge in [-0.15, -0.1) is 23.3 Å². The minimum Gasteiger partial charge on any atom is -1.00 e. The molecule has 0 aromatic heterocycles. The van der Waals surface area contributed by atoms with Gasteiger partial charge in [0.15, 0.2) is 0 Å². The van der Waals surface area contributed by atoms with E-state index >= 15 is 0 Å². The van der Waals surface area contributed by atoms with Crippen molar-refractivity contribution in [1.82, 2.24) is 0 Å². The molecule has 0 atom stereocenters. The van der Waals surface area contributed by atoms with Gasteiger partial charge in [-0.05, 0) is 0 Å². The molecular formula is H8K2O8S4. The fraction of sp³-hybridized carbons (Fsp3) is 0. The average Bonchev–Trinajstić information content (AvgIpc) is 1.59. The van der Waals surface area contributed by atoms with Crippen molar-refractivity contribution >= 4 is 44.1 Å². The average molecular weight is 343 g/mol. The quantitative estimate of drug-likeness (QED) is 0.110. The van der Waals surface area contributed by atoms with Gasteiger partial charge in [0.1, 0.15) is 0 Å². The van der Waals surface area contributed by atoms with E-state index in [1.165, 1.54) is 0 Å². The molecule has 14 heteroatoms. The Kier molecular flexibility index (Phi) is 36.5. The fourth-order valence-electron chi connectivity index (χ4n) is 0. The summed E-state index contributed by atoms with van der Waals surface area (Å²) in [7, 11) is -9.33. The zero-order chi connectivity index (χ0) is 11.0. The molecule has 0 aliphatic rings. The predicted octanol–water partition coefficient (Wildman–Crippen LogP) is -6.31. The van der Waals surface area contributed by atoms with Crippen molar-refractivity contribution in [3.05, 3.63) is 0 Å². The van der Waals surface area contributed by atoms with Crippen molar-refractivity contribution in [3.8, 4) is 0 Å². The van der Waals surface area contributed by atoms with E-state index in [-0.39, 0.29) is 106 Å². The minimum absolute atomic E-state index is 0. The summed E-state index contributed by atoms with van der Waals surface area (Å²) in [4.78, 5) is 0. The van der Waals surface area contributed by atoms with Crippen LogP contribution in [0, 0.1) is 0 Å². The van der Waals surface area contributed by atoms with Crippen LogP contribution in [0.5, 0.6) is 0 Å². The second-order valence-electron chi connectivity index (χ2n) is 0.896. The maximum Gasteiger partial charge on any atom is 1.00 e. The molecule has 0 fully saturated rings. The number of hydrogen-bond acceptors (Lipinski definition) is 6. The number of thiol groups is 2. The molecule has 4 N–H and O–H groups in total. The summed E-state index contributed by atoms with van der Waals surface area (Å²) in [6.07, 6.45) is 0. The summed E-state index contributed by atoms with van der Waals surface area (Å²) in [6, 6.07) is 0. The Morgan fingerprint density at radius 3 is 0.714 bits per heavy atom. The summed E-state index contributed by atoms with van der Waals surface area (Å²) < 4.78 is 63.2. The number of hydrogen-bond donors (Lipinski definition) is 6. The molecule has 14 heavy (non-hydrogen) atoms. The van der Waals surface area contributed by atoms with Gasteiger partial charge in [0.25, 0.3) is 0 Å². The van der Waals surface area contributed by atoms with Crippen LogP contribution in [0.1, 0.15) is 2.85 Å². The molecule has 0 unspecified atom stereocenters. The normalized spacial score (nSPS) is 8.71. The van der Waals surface area contributed by atoms with E-state index in [2.05, 4.69) is 23.3 Å². The van der Waals surface area contributed by atoms with Crippen LogP contribution in [0.25, 0.3) is 0 Å². The van der Waals surface area contributed by atoms with Crippen molar-refractivity contribution in [1.29, 1.82) is 0 Å². The zero-order valence-corrected chi connectivity index (χ0v) is 16.8. The largest absolute Gasteiger partial charge is 1.00 e. The fourth-order valence-corrected chi connectivity index (χ4v) is 0. The van der Waals surface area contributed by atoms with Crippen LogP contribution < -0.4 is 103 Å². The smallest absolute Gasteiger partial charge is 1.00 e. The first-order chi connectivity index (χ1) is 5.00. The minimum atomic E-state index is -4.67. The van der Waals surface area contributed by atoms with E-state index in [0.29, 0.717) is 0 Å². The van der Waals surface area contributed by atoms with Crippen LogP contribution in [0.2, 0.25) is 0 Å². The van der Waals surface area contributed by atoms with Crippen molar-refractivity contribution in [2.45, 2.75) is 0 Å². The molecule has 0 aromatic rings. The molecule has 0 amide bonds. The molecular weight excluding hydrogens is 334 g/mol. The van der Waals surface area contributed by atoms with Crippen molar-refractivity contribution in [2.24, 2.45) is 0 Å². The standard InChI is InChI=1S/2K.2H2O4S.H2S2.2H/c;;2*1-5(2,3)4;1-2;;/h;;2*(H2,1,2,3,4);1-2H;;/q2*+1;;;;2*-1. The van der Waals surface area contributed by atoms with E-state index in [9.17, 15) is 0 Å². The molecule has 0 saturated carbocycles. The zero-order valence-electron chi connectivity index (χ0n) is 9.13. The summed E-state index contributed by atoms with van der Waals surface area (Å²) in [6.45, 7) is 0. The van der Waals surface area contributed by atoms with Gasteiger partial charge in [-0.3, -0.25) is 18.2 Å². The molecule has 0 aromatic carbocycles. The SMILES string of the molecule is O=S(=O)(O)O.O=S(=O)(O)O.SS.[H-].[H-].[K+].[K+]. The molecule has 0 aliphatic carbocycles. The van der Waals surface area contributed by atoms with E-state index in [1.54, 1.807) is 0 Å². The van der Waals surface area contributed by atoms with E-state index < -0.39 is 20.8 Å². The molecule has 0 saturated heterocycles. The Morgan fingerprint density at radius 2 is 0.714 bits per heavy atom. The molecule has 0 rings (SSSR count). The van der Waals surface area contributed by atoms with Crippen LogP contribution in [0.4, 0.5) is 0 Å². The Hall–Kier alpha value is 3.71. The Balaban J connectivity index is -0.0000000144.